The molecule has 0 amide bonds. The first-order chi connectivity index (χ1) is 13.8. The molecule has 0 aliphatic rings. The van der Waals surface area contributed by atoms with E-state index in [9.17, 15) is 0 Å². The smallest absolute Gasteiger partial charge is 0.191 e. The van der Waals surface area contributed by atoms with Crippen molar-refractivity contribution in [3.63, 3.8) is 0 Å². The van der Waals surface area contributed by atoms with E-state index in [0.29, 0.717) is 26.4 Å². The minimum atomic E-state index is 0. The maximum absolute atomic E-state index is 5.95. The molecule has 0 aliphatic carbocycles. The van der Waals surface area contributed by atoms with Crippen LogP contribution >= 0.6 is 35.3 Å². The van der Waals surface area contributed by atoms with Crippen LogP contribution < -0.4 is 10.6 Å². The highest BCUT2D eigenvalue weighted by Crippen LogP contribution is 2.30. The summed E-state index contributed by atoms with van der Waals surface area (Å²) in [5.41, 5.74) is 0.995. The SMILES string of the molecule is CN=C(NCCCOCCOC)NCc1ccc(-c2nc3ccccc3s2)o1.I. The Morgan fingerprint density at radius 3 is 2.79 bits per heavy atom. The van der Waals surface area contributed by atoms with E-state index < -0.39 is 0 Å². The first kappa shape index (κ1) is 23.6. The Morgan fingerprint density at radius 1 is 1.14 bits per heavy atom. The third-order valence-corrected chi connectivity index (χ3v) is 5.06. The maximum atomic E-state index is 5.95. The lowest BCUT2D eigenvalue weighted by molar-refractivity contribution is 0.0698. The summed E-state index contributed by atoms with van der Waals surface area (Å²) in [6.07, 6.45) is 0.896. The van der Waals surface area contributed by atoms with Crippen molar-refractivity contribution in [3.8, 4) is 10.8 Å². The highest BCUT2D eigenvalue weighted by molar-refractivity contribution is 14.0. The van der Waals surface area contributed by atoms with Gasteiger partial charge in [-0.25, -0.2) is 4.98 Å². The number of hydrogen-bond donors (Lipinski definition) is 2. The fourth-order valence-corrected chi connectivity index (χ4v) is 3.51. The molecule has 0 radical (unpaired) electrons. The summed E-state index contributed by atoms with van der Waals surface area (Å²) in [7, 11) is 3.42. The fraction of sp³-hybridized carbons (Fsp3) is 0.400. The van der Waals surface area contributed by atoms with Crippen LogP contribution in [0.25, 0.3) is 21.0 Å². The lowest BCUT2D eigenvalue weighted by Crippen LogP contribution is -2.37. The van der Waals surface area contributed by atoms with E-state index >= 15 is 0 Å². The second-order valence-electron chi connectivity index (χ2n) is 6.06. The second-order valence-corrected chi connectivity index (χ2v) is 7.09. The number of nitrogens with one attached hydrogen (secondary N) is 2. The van der Waals surface area contributed by atoms with Gasteiger partial charge in [0.2, 0.25) is 0 Å². The van der Waals surface area contributed by atoms with Crippen LogP contribution in [0.2, 0.25) is 0 Å². The molecule has 0 fully saturated rings. The van der Waals surface area contributed by atoms with Gasteiger partial charge in [0.05, 0.1) is 30.0 Å². The molecule has 0 saturated heterocycles. The molecule has 3 rings (SSSR count). The monoisotopic (exact) mass is 530 g/mol. The summed E-state index contributed by atoms with van der Waals surface area (Å²) < 4.78 is 17.5. The Kier molecular flexibility index (Phi) is 10.4. The predicted octanol–water partition coefficient (Wildman–Crippen LogP) is 3.89. The summed E-state index contributed by atoms with van der Waals surface area (Å²) in [6, 6.07) is 12.0. The van der Waals surface area contributed by atoms with Gasteiger partial charge in [-0.1, -0.05) is 12.1 Å². The number of halogens is 1. The maximum Gasteiger partial charge on any atom is 0.191 e. The molecule has 2 heterocycles. The highest BCUT2D eigenvalue weighted by atomic mass is 127. The average Bonchev–Trinajstić information content (AvgIpc) is 3.36. The first-order valence-electron chi connectivity index (χ1n) is 9.26. The number of nitrogens with zero attached hydrogens (tertiary/aromatic N) is 2. The van der Waals surface area contributed by atoms with Crippen LogP contribution in [-0.2, 0) is 16.0 Å². The standard InChI is InChI=1S/C20H26N4O3S.HI/c1-21-20(22-10-5-11-26-13-12-25-2)23-14-15-8-9-17(27-15)19-24-16-6-3-4-7-18(16)28-19;/h3-4,6-9H,5,10-14H2,1-2H3,(H2,21,22,23);1H. The number of benzene rings is 1. The first-order valence-corrected chi connectivity index (χ1v) is 10.1. The van der Waals surface area contributed by atoms with E-state index in [0.717, 1.165) is 45.7 Å². The molecule has 158 valence electrons. The van der Waals surface area contributed by atoms with Gasteiger partial charge in [-0.05, 0) is 30.7 Å². The summed E-state index contributed by atoms with van der Waals surface area (Å²) in [5.74, 6) is 2.35. The number of fused-ring (bicyclic) bond motifs is 1. The van der Waals surface area contributed by atoms with Crippen molar-refractivity contribution in [3.05, 3.63) is 42.2 Å². The molecule has 7 nitrogen and oxygen atoms in total. The molecule has 0 aliphatic heterocycles. The van der Waals surface area contributed by atoms with Crippen molar-refractivity contribution >= 4 is 51.5 Å². The normalized spacial score (nSPS) is 11.4. The number of furan rings is 1. The molecule has 0 unspecified atom stereocenters. The van der Waals surface area contributed by atoms with Gasteiger partial charge in [0.1, 0.15) is 5.76 Å². The Balaban J connectivity index is 0.00000300. The summed E-state index contributed by atoms with van der Waals surface area (Å²) in [5, 5.41) is 7.41. The molecule has 9 heteroatoms. The Morgan fingerprint density at radius 2 is 2.00 bits per heavy atom. The Hall–Kier alpha value is -1.69. The van der Waals surface area contributed by atoms with Crippen molar-refractivity contribution in [2.75, 3.05) is 40.5 Å². The van der Waals surface area contributed by atoms with E-state index in [-0.39, 0.29) is 24.0 Å². The van der Waals surface area contributed by atoms with Gasteiger partial charge in [0.15, 0.2) is 16.7 Å². The van der Waals surface area contributed by atoms with E-state index in [1.165, 1.54) is 0 Å². The average molecular weight is 530 g/mol. The largest absolute Gasteiger partial charge is 0.457 e. The molecule has 0 atom stereocenters. The van der Waals surface area contributed by atoms with Gasteiger partial charge < -0.3 is 24.5 Å². The van der Waals surface area contributed by atoms with Crippen molar-refractivity contribution in [1.82, 2.24) is 15.6 Å². The molecule has 2 aromatic heterocycles. The topological polar surface area (TPSA) is 80.9 Å². The zero-order valence-electron chi connectivity index (χ0n) is 16.6. The number of aliphatic imine (C=N–C) groups is 1. The lowest BCUT2D eigenvalue weighted by atomic mass is 10.3. The number of para-hydroxylation sites is 1. The van der Waals surface area contributed by atoms with Crippen molar-refractivity contribution in [2.45, 2.75) is 13.0 Å². The second kappa shape index (κ2) is 12.8. The zero-order valence-corrected chi connectivity index (χ0v) is 19.8. The highest BCUT2D eigenvalue weighted by Gasteiger charge is 2.10. The molecule has 0 saturated carbocycles. The van der Waals surface area contributed by atoms with Crippen molar-refractivity contribution < 1.29 is 13.9 Å². The van der Waals surface area contributed by atoms with Gasteiger partial charge >= 0.3 is 0 Å². The zero-order chi connectivity index (χ0) is 19.6. The van der Waals surface area contributed by atoms with Gasteiger partial charge in [-0.15, -0.1) is 35.3 Å². The summed E-state index contributed by atoms with van der Waals surface area (Å²) >= 11 is 1.63. The van der Waals surface area contributed by atoms with E-state index in [4.69, 9.17) is 13.9 Å². The summed E-state index contributed by atoms with van der Waals surface area (Å²) in [4.78, 5) is 8.86. The van der Waals surface area contributed by atoms with E-state index in [1.54, 1.807) is 25.5 Å². The Labute approximate surface area is 191 Å². The molecular weight excluding hydrogens is 503 g/mol. The van der Waals surface area contributed by atoms with E-state index in [2.05, 4.69) is 26.7 Å². The number of thiazole rings is 1. The van der Waals surface area contributed by atoms with Crippen LogP contribution in [0.5, 0.6) is 0 Å². The summed E-state index contributed by atoms with van der Waals surface area (Å²) in [6.45, 7) is 3.27. The molecule has 3 aromatic rings. The van der Waals surface area contributed by atoms with Crippen LogP contribution in [0.15, 0.2) is 45.8 Å². The third-order valence-electron chi connectivity index (χ3n) is 4.01. The predicted molar refractivity (Wildman–Crippen MR) is 128 cm³/mol. The third kappa shape index (κ3) is 7.25. The minimum absolute atomic E-state index is 0. The number of rotatable bonds is 10. The Bertz CT molecular complexity index is 864. The number of guanidine groups is 1. The number of hydrogen-bond acceptors (Lipinski definition) is 6. The van der Waals surface area contributed by atoms with Crippen LogP contribution in [0.3, 0.4) is 0 Å². The van der Waals surface area contributed by atoms with Crippen LogP contribution in [0, 0.1) is 0 Å². The van der Waals surface area contributed by atoms with Crippen LogP contribution in [-0.4, -0.2) is 51.5 Å². The molecular formula is C20H27IN4O3S. The molecule has 29 heavy (non-hydrogen) atoms. The van der Waals surface area contributed by atoms with Gasteiger partial charge in [0, 0.05) is 27.3 Å². The number of aromatic nitrogens is 1. The molecule has 0 spiro atoms. The van der Waals surface area contributed by atoms with E-state index in [1.807, 2.05) is 30.3 Å². The molecule has 0 bridgehead atoms. The lowest BCUT2D eigenvalue weighted by Gasteiger charge is -2.11. The molecule has 1 aromatic carbocycles. The quantitative estimate of drug-likeness (QED) is 0.179. The van der Waals surface area contributed by atoms with Crippen LogP contribution in [0.1, 0.15) is 12.2 Å². The van der Waals surface area contributed by atoms with Crippen molar-refractivity contribution in [1.29, 1.82) is 0 Å². The number of ether oxygens (including phenoxy) is 2. The molecule has 2 N–H and O–H groups in total. The van der Waals surface area contributed by atoms with Crippen LogP contribution in [0.4, 0.5) is 0 Å². The minimum Gasteiger partial charge on any atom is -0.457 e. The van der Waals surface area contributed by atoms with Crippen molar-refractivity contribution in [2.24, 2.45) is 4.99 Å². The van der Waals surface area contributed by atoms with Gasteiger partial charge in [-0.2, -0.15) is 0 Å². The van der Waals surface area contributed by atoms with Gasteiger partial charge in [0.25, 0.3) is 0 Å². The fourth-order valence-electron chi connectivity index (χ4n) is 2.58. The van der Waals surface area contributed by atoms with Gasteiger partial charge in [-0.3, -0.25) is 4.99 Å². The number of methoxy groups -OCH3 is 1.